The number of nitrogens with zero attached hydrogens (tertiary/aromatic N) is 2. The van der Waals surface area contributed by atoms with Gasteiger partial charge in [0.05, 0.1) is 17.1 Å². The molecule has 1 amide bonds. The summed E-state index contributed by atoms with van der Waals surface area (Å²) >= 11 is 0. The summed E-state index contributed by atoms with van der Waals surface area (Å²) in [5.41, 5.74) is 3.52. The van der Waals surface area contributed by atoms with Crippen LogP contribution in [0.1, 0.15) is 17.0 Å². The van der Waals surface area contributed by atoms with E-state index in [0.29, 0.717) is 6.42 Å². The summed E-state index contributed by atoms with van der Waals surface area (Å²) in [6.45, 7) is 0. The van der Waals surface area contributed by atoms with Gasteiger partial charge in [-0.2, -0.15) is 0 Å². The zero-order valence-electron chi connectivity index (χ0n) is 14.7. The standard InChI is InChI=1S/C23H19N3O/c27-23(26-21-12-4-10-19-11-6-14-25-22(19)21)20(18-8-2-1-3-9-18)15-17-7-5-13-24-16-17/h1-14,16,20H,15H2,(H,26,27). The molecule has 1 unspecified atom stereocenters. The topological polar surface area (TPSA) is 54.9 Å². The normalized spacial score (nSPS) is 11.9. The van der Waals surface area contributed by atoms with E-state index < -0.39 is 0 Å². The SMILES string of the molecule is O=C(Nc1cccc2cccnc12)C(Cc1cccnc1)c1ccccc1. The number of aromatic nitrogens is 2. The molecule has 2 aromatic carbocycles. The number of carbonyl (C=O) groups excluding carboxylic acids is 1. The third kappa shape index (κ3) is 3.85. The molecule has 4 rings (SSSR count). The summed E-state index contributed by atoms with van der Waals surface area (Å²) < 4.78 is 0. The van der Waals surface area contributed by atoms with Gasteiger partial charge in [-0.15, -0.1) is 0 Å². The van der Waals surface area contributed by atoms with Crippen molar-refractivity contribution in [3.8, 4) is 0 Å². The molecule has 132 valence electrons. The number of hydrogen-bond acceptors (Lipinski definition) is 3. The molecular formula is C23H19N3O. The highest BCUT2D eigenvalue weighted by Crippen LogP contribution is 2.25. The van der Waals surface area contributed by atoms with Crippen molar-refractivity contribution in [1.82, 2.24) is 9.97 Å². The lowest BCUT2D eigenvalue weighted by Gasteiger charge is -2.18. The van der Waals surface area contributed by atoms with Gasteiger partial charge < -0.3 is 5.32 Å². The minimum absolute atomic E-state index is 0.0526. The number of carbonyl (C=O) groups is 1. The van der Waals surface area contributed by atoms with Crippen LogP contribution in [0.25, 0.3) is 10.9 Å². The molecule has 0 bridgehead atoms. The Morgan fingerprint density at radius 1 is 0.889 bits per heavy atom. The Bertz CT molecular complexity index is 1040. The van der Waals surface area contributed by atoms with Gasteiger partial charge >= 0.3 is 0 Å². The second-order valence-corrected chi connectivity index (χ2v) is 6.40. The molecule has 0 fully saturated rings. The number of anilines is 1. The highest BCUT2D eigenvalue weighted by atomic mass is 16.1. The average Bonchev–Trinajstić information content (AvgIpc) is 2.73. The number of hydrogen-bond donors (Lipinski definition) is 1. The van der Waals surface area contributed by atoms with E-state index in [1.807, 2.05) is 79.0 Å². The molecular weight excluding hydrogens is 334 g/mol. The van der Waals surface area contributed by atoms with Crippen LogP contribution in [0.4, 0.5) is 5.69 Å². The molecule has 2 heterocycles. The van der Waals surface area contributed by atoms with Gasteiger partial charge in [-0.1, -0.05) is 54.6 Å². The minimum atomic E-state index is -0.311. The maximum Gasteiger partial charge on any atom is 0.232 e. The van der Waals surface area contributed by atoms with Crippen LogP contribution in [0.5, 0.6) is 0 Å². The van der Waals surface area contributed by atoms with Crippen molar-refractivity contribution < 1.29 is 4.79 Å². The van der Waals surface area contributed by atoms with E-state index in [1.54, 1.807) is 12.4 Å². The van der Waals surface area contributed by atoms with Crippen molar-refractivity contribution in [3.63, 3.8) is 0 Å². The van der Waals surface area contributed by atoms with E-state index in [-0.39, 0.29) is 11.8 Å². The molecule has 4 nitrogen and oxygen atoms in total. The lowest BCUT2D eigenvalue weighted by atomic mass is 9.91. The molecule has 0 spiro atoms. The lowest BCUT2D eigenvalue weighted by Crippen LogP contribution is -2.23. The number of nitrogens with one attached hydrogen (secondary N) is 1. The molecule has 4 heteroatoms. The number of amides is 1. The van der Waals surface area contributed by atoms with Gasteiger partial charge in [0.2, 0.25) is 5.91 Å². The monoisotopic (exact) mass is 353 g/mol. The molecule has 0 saturated heterocycles. The van der Waals surface area contributed by atoms with Crippen LogP contribution in [0.15, 0.2) is 91.4 Å². The fourth-order valence-corrected chi connectivity index (χ4v) is 3.23. The first kappa shape index (κ1) is 16.9. The molecule has 1 atom stereocenters. The van der Waals surface area contributed by atoms with Crippen LogP contribution in [0.3, 0.4) is 0 Å². The highest BCUT2D eigenvalue weighted by Gasteiger charge is 2.22. The van der Waals surface area contributed by atoms with Crippen LogP contribution >= 0.6 is 0 Å². The average molecular weight is 353 g/mol. The summed E-state index contributed by atoms with van der Waals surface area (Å²) in [5.74, 6) is -0.363. The Balaban J connectivity index is 1.66. The summed E-state index contributed by atoms with van der Waals surface area (Å²) in [4.78, 5) is 21.8. The van der Waals surface area contributed by atoms with Crippen LogP contribution in [0, 0.1) is 0 Å². The van der Waals surface area contributed by atoms with E-state index in [4.69, 9.17) is 0 Å². The van der Waals surface area contributed by atoms with Crippen molar-refractivity contribution in [3.05, 3.63) is 103 Å². The number of rotatable bonds is 5. The molecule has 4 aromatic rings. The first-order valence-corrected chi connectivity index (χ1v) is 8.90. The second-order valence-electron chi connectivity index (χ2n) is 6.40. The number of pyridine rings is 2. The summed E-state index contributed by atoms with van der Waals surface area (Å²) in [7, 11) is 0. The summed E-state index contributed by atoms with van der Waals surface area (Å²) in [6, 6.07) is 23.4. The highest BCUT2D eigenvalue weighted by molar-refractivity contribution is 6.02. The summed E-state index contributed by atoms with van der Waals surface area (Å²) in [6.07, 6.45) is 5.87. The number of benzene rings is 2. The van der Waals surface area contributed by atoms with Gasteiger partial charge in [0, 0.05) is 24.0 Å². The molecule has 0 aliphatic heterocycles. The Kier molecular flexibility index (Phi) is 4.88. The van der Waals surface area contributed by atoms with E-state index >= 15 is 0 Å². The van der Waals surface area contributed by atoms with Crippen molar-refractivity contribution >= 4 is 22.5 Å². The van der Waals surface area contributed by atoms with E-state index in [9.17, 15) is 4.79 Å². The van der Waals surface area contributed by atoms with Crippen molar-refractivity contribution in [2.45, 2.75) is 12.3 Å². The van der Waals surface area contributed by atoms with Crippen LogP contribution in [-0.4, -0.2) is 15.9 Å². The largest absolute Gasteiger partial charge is 0.324 e. The fourth-order valence-electron chi connectivity index (χ4n) is 3.23. The number of para-hydroxylation sites is 1. The maximum absolute atomic E-state index is 13.2. The quantitative estimate of drug-likeness (QED) is 0.571. The van der Waals surface area contributed by atoms with E-state index in [1.165, 1.54) is 0 Å². The van der Waals surface area contributed by atoms with E-state index in [0.717, 1.165) is 27.7 Å². The Hall–Kier alpha value is -3.53. The minimum Gasteiger partial charge on any atom is -0.324 e. The first-order chi connectivity index (χ1) is 13.3. The van der Waals surface area contributed by atoms with Crippen molar-refractivity contribution in [2.75, 3.05) is 5.32 Å². The van der Waals surface area contributed by atoms with Crippen LogP contribution < -0.4 is 5.32 Å². The maximum atomic E-state index is 13.2. The molecule has 0 aliphatic carbocycles. The predicted molar refractivity (Wildman–Crippen MR) is 107 cm³/mol. The zero-order valence-corrected chi connectivity index (χ0v) is 14.7. The molecule has 2 aromatic heterocycles. The van der Waals surface area contributed by atoms with E-state index in [2.05, 4.69) is 15.3 Å². The predicted octanol–water partition coefficient (Wildman–Crippen LogP) is 4.59. The van der Waals surface area contributed by atoms with Crippen LogP contribution in [-0.2, 0) is 11.2 Å². The Labute approximate surface area is 157 Å². The molecule has 0 radical (unpaired) electrons. The second kappa shape index (κ2) is 7.79. The van der Waals surface area contributed by atoms with Crippen molar-refractivity contribution in [1.29, 1.82) is 0 Å². The Morgan fingerprint density at radius 2 is 1.70 bits per heavy atom. The summed E-state index contributed by atoms with van der Waals surface area (Å²) in [5, 5.41) is 4.08. The lowest BCUT2D eigenvalue weighted by molar-refractivity contribution is -0.117. The number of fused-ring (bicyclic) bond motifs is 1. The van der Waals surface area contributed by atoms with Gasteiger partial charge in [-0.05, 0) is 35.7 Å². The first-order valence-electron chi connectivity index (χ1n) is 8.90. The molecule has 0 saturated carbocycles. The smallest absolute Gasteiger partial charge is 0.232 e. The molecule has 1 N–H and O–H groups in total. The van der Waals surface area contributed by atoms with Gasteiger partial charge in [0.25, 0.3) is 0 Å². The third-order valence-electron chi connectivity index (χ3n) is 4.57. The van der Waals surface area contributed by atoms with Gasteiger partial charge in [0.15, 0.2) is 0 Å². The zero-order chi connectivity index (χ0) is 18.5. The van der Waals surface area contributed by atoms with Crippen molar-refractivity contribution in [2.24, 2.45) is 0 Å². The Morgan fingerprint density at radius 3 is 2.52 bits per heavy atom. The van der Waals surface area contributed by atoms with Crippen LogP contribution in [0.2, 0.25) is 0 Å². The molecule has 0 aliphatic rings. The van der Waals surface area contributed by atoms with Gasteiger partial charge in [0.1, 0.15) is 0 Å². The molecule has 27 heavy (non-hydrogen) atoms. The van der Waals surface area contributed by atoms with Gasteiger partial charge in [-0.25, -0.2) is 0 Å². The third-order valence-corrected chi connectivity index (χ3v) is 4.57. The fraction of sp³-hybridized carbons (Fsp3) is 0.0870. The van der Waals surface area contributed by atoms with Gasteiger partial charge in [-0.3, -0.25) is 14.8 Å².